The van der Waals surface area contributed by atoms with E-state index in [1.54, 1.807) is 6.20 Å². The number of aromatic nitrogens is 3. The molecule has 3 aromatic rings. The first-order valence-electron chi connectivity index (χ1n) is 11.8. The van der Waals surface area contributed by atoms with E-state index >= 15 is 0 Å². The van der Waals surface area contributed by atoms with E-state index in [1.807, 2.05) is 36.6 Å². The second-order valence-electron chi connectivity index (χ2n) is 9.46. The number of hydrogen-bond donors (Lipinski definition) is 0. The first-order chi connectivity index (χ1) is 16.6. The lowest BCUT2D eigenvalue weighted by molar-refractivity contribution is 0.0598. The lowest BCUT2D eigenvalue weighted by Gasteiger charge is -2.38. The molecule has 6 nitrogen and oxygen atoms in total. The van der Waals surface area contributed by atoms with Crippen LogP contribution >= 0.6 is 11.8 Å². The average Bonchev–Trinajstić information content (AvgIpc) is 2.83. The molecule has 1 aromatic carbocycles. The summed E-state index contributed by atoms with van der Waals surface area (Å²) in [6.45, 7) is 13.3. The normalized spacial score (nSPS) is 11.7. The van der Waals surface area contributed by atoms with Gasteiger partial charge in [-0.3, -0.25) is 9.36 Å². The Bertz CT molecular complexity index is 1330. The fraction of sp³-hybridized carbons (Fsp3) is 0.407. The minimum absolute atomic E-state index is 0.0870. The van der Waals surface area contributed by atoms with Crippen molar-refractivity contribution in [2.75, 3.05) is 13.4 Å². The number of hydrogen-bond acceptors (Lipinski definition) is 6. The number of nitrogens with zero attached hydrogens (tertiary/aromatic N) is 3. The molecule has 0 atom stereocenters. The summed E-state index contributed by atoms with van der Waals surface area (Å²) in [5.74, 6) is 2.61. The van der Waals surface area contributed by atoms with E-state index < -0.39 is 19.6 Å². The number of methoxy groups -OCH3 is 1. The van der Waals surface area contributed by atoms with Crippen LogP contribution in [0.2, 0.25) is 16.6 Å². The summed E-state index contributed by atoms with van der Waals surface area (Å²) in [6, 6.07) is 9.16. The minimum atomic E-state index is -2.15. The molecule has 0 saturated carbocycles. The number of pyridine rings is 1. The summed E-state index contributed by atoms with van der Waals surface area (Å²) in [4.78, 5) is 36.0. The molecule has 2 aromatic heterocycles. The molecule has 0 aliphatic heterocycles. The van der Waals surface area contributed by atoms with E-state index in [2.05, 4.69) is 63.0 Å². The number of para-hydroxylation sites is 1. The third-order valence-electron chi connectivity index (χ3n) is 6.75. The molecule has 0 saturated heterocycles. The monoisotopic (exact) mass is 507 g/mol. The third-order valence-corrected chi connectivity index (χ3v) is 13.6. The number of carbonyl (C=O) groups excluding carboxylic acids is 1. The van der Waals surface area contributed by atoms with Crippen molar-refractivity contribution in [1.29, 1.82) is 0 Å². The Morgan fingerprint density at radius 2 is 1.66 bits per heavy atom. The van der Waals surface area contributed by atoms with E-state index in [1.165, 1.54) is 23.4 Å². The van der Waals surface area contributed by atoms with Crippen LogP contribution in [0.4, 0.5) is 0 Å². The van der Waals surface area contributed by atoms with Crippen LogP contribution in [0, 0.1) is 11.5 Å². The van der Waals surface area contributed by atoms with Crippen molar-refractivity contribution in [3.05, 3.63) is 58.0 Å². The van der Waals surface area contributed by atoms with Crippen LogP contribution in [0.15, 0.2) is 46.5 Å². The zero-order valence-electron chi connectivity index (χ0n) is 21.7. The molecule has 3 rings (SSSR count). The lowest BCUT2D eigenvalue weighted by atomic mass is 10.1. The zero-order chi connectivity index (χ0) is 25.9. The van der Waals surface area contributed by atoms with Crippen molar-refractivity contribution >= 4 is 36.8 Å². The van der Waals surface area contributed by atoms with Crippen molar-refractivity contribution in [2.45, 2.75) is 63.3 Å². The van der Waals surface area contributed by atoms with Crippen LogP contribution in [-0.4, -0.2) is 41.9 Å². The molecule has 0 unspecified atom stereocenters. The number of fused-ring (bicyclic) bond motifs is 1. The third kappa shape index (κ3) is 4.80. The Kier molecular flexibility index (Phi) is 8.24. The van der Waals surface area contributed by atoms with E-state index in [0.717, 1.165) is 0 Å². The Morgan fingerprint density at radius 1 is 1.06 bits per heavy atom. The van der Waals surface area contributed by atoms with Crippen LogP contribution < -0.4 is 5.56 Å². The van der Waals surface area contributed by atoms with Crippen LogP contribution in [0.25, 0.3) is 16.7 Å². The SMILES string of the molecule is COC(=O)c1c(C#C[Si](C(C)C)(C(C)C)C(C)C)c2cnc(SC)nc2n(-c2ccccc2)c1=O. The van der Waals surface area contributed by atoms with E-state index in [4.69, 9.17) is 4.74 Å². The second-order valence-corrected chi connectivity index (χ2v) is 15.8. The fourth-order valence-corrected chi connectivity index (χ4v) is 10.6. The van der Waals surface area contributed by atoms with Gasteiger partial charge in [0.2, 0.25) is 0 Å². The van der Waals surface area contributed by atoms with Gasteiger partial charge in [-0.1, -0.05) is 77.4 Å². The summed E-state index contributed by atoms with van der Waals surface area (Å²) in [7, 11) is -0.869. The smallest absolute Gasteiger partial charge is 0.344 e. The van der Waals surface area contributed by atoms with Gasteiger partial charge in [0.25, 0.3) is 5.56 Å². The van der Waals surface area contributed by atoms with Gasteiger partial charge in [-0.15, -0.1) is 5.54 Å². The molecule has 2 heterocycles. The summed E-state index contributed by atoms with van der Waals surface area (Å²) < 4.78 is 6.51. The molecule has 35 heavy (non-hydrogen) atoms. The summed E-state index contributed by atoms with van der Waals surface area (Å²) in [5, 5.41) is 1.08. The minimum Gasteiger partial charge on any atom is -0.465 e. The highest BCUT2D eigenvalue weighted by molar-refractivity contribution is 7.98. The van der Waals surface area contributed by atoms with Crippen molar-refractivity contribution in [1.82, 2.24) is 14.5 Å². The van der Waals surface area contributed by atoms with Crippen molar-refractivity contribution in [3.63, 3.8) is 0 Å². The fourth-order valence-electron chi connectivity index (χ4n) is 5.09. The number of benzene rings is 1. The first-order valence-corrected chi connectivity index (χ1v) is 15.2. The topological polar surface area (TPSA) is 74.1 Å². The molecule has 0 fully saturated rings. The molecular formula is C27H33N3O3SSi. The lowest BCUT2D eigenvalue weighted by Crippen LogP contribution is -2.43. The van der Waals surface area contributed by atoms with Gasteiger partial charge in [0.1, 0.15) is 13.6 Å². The maximum atomic E-state index is 13.9. The predicted molar refractivity (Wildman–Crippen MR) is 146 cm³/mol. The molecule has 8 heteroatoms. The molecule has 0 bridgehead atoms. The quantitative estimate of drug-likeness (QED) is 0.137. The Labute approximate surface area is 212 Å². The van der Waals surface area contributed by atoms with Gasteiger partial charge in [0.15, 0.2) is 10.8 Å². The van der Waals surface area contributed by atoms with Gasteiger partial charge in [-0.05, 0) is 35.0 Å². The van der Waals surface area contributed by atoms with Gasteiger partial charge in [-0.25, -0.2) is 14.8 Å². The molecule has 0 N–H and O–H groups in total. The van der Waals surface area contributed by atoms with Crippen LogP contribution in [-0.2, 0) is 4.74 Å². The van der Waals surface area contributed by atoms with Gasteiger partial charge in [0.05, 0.1) is 23.7 Å². The standard InChI is InChI=1S/C27H33N3O3SSi/c1-17(2)35(18(3)4,19(5)6)15-14-21-22-16-28-27(34-8)29-24(22)30(20-12-10-9-11-13-20)25(31)23(21)26(32)33-7/h9-13,16-19H,1-8H3. The Morgan fingerprint density at radius 3 is 2.17 bits per heavy atom. The van der Waals surface area contributed by atoms with Gasteiger partial charge >= 0.3 is 5.97 Å². The van der Waals surface area contributed by atoms with Crippen LogP contribution in [0.3, 0.4) is 0 Å². The number of ether oxygens (including phenoxy) is 1. The molecule has 0 aliphatic carbocycles. The average molecular weight is 508 g/mol. The van der Waals surface area contributed by atoms with E-state index in [9.17, 15) is 9.59 Å². The van der Waals surface area contributed by atoms with Crippen molar-refractivity contribution in [2.24, 2.45) is 0 Å². The van der Waals surface area contributed by atoms with E-state index in [-0.39, 0.29) is 5.56 Å². The van der Waals surface area contributed by atoms with Gasteiger partial charge in [-0.2, -0.15) is 0 Å². The molecule has 0 amide bonds. The van der Waals surface area contributed by atoms with Crippen molar-refractivity contribution < 1.29 is 9.53 Å². The molecule has 0 radical (unpaired) electrons. The summed E-state index contributed by atoms with van der Waals surface area (Å²) in [5.41, 5.74) is 5.61. The Balaban J connectivity index is 2.53. The first kappa shape index (κ1) is 26.7. The summed E-state index contributed by atoms with van der Waals surface area (Å²) in [6.07, 6.45) is 3.54. The highest BCUT2D eigenvalue weighted by atomic mass is 32.2. The largest absolute Gasteiger partial charge is 0.465 e. The molecular weight excluding hydrogens is 474 g/mol. The maximum absolute atomic E-state index is 13.9. The number of esters is 1. The summed E-state index contributed by atoms with van der Waals surface area (Å²) >= 11 is 1.39. The number of carbonyl (C=O) groups is 1. The highest BCUT2D eigenvalue weighted by Gasteiger charge is 2.42. The zero-order valence-corrected chi connectivity index (χ0v) is 23.5. The molecule has 0 aliphatic rings. The second kappa shape index (κ2) is 10.8. The van der Waals surface area contributed by atoms with Crippen LogP contribution in [0.1, 0.15) is 57.5 Å². The maximum Gasteiger partial charge on any atom is 0.344 e. The van der Waals surface area contributed by atoms with Gasteiger partial charge in [0, 0.05) is 6.20 Å². The molecule has 184 valence electrons. The van der Waals surface area contributed by atoms with Crippen molar-refractivity contribution in [3.8, 4) is 17.2 Å². The Hall–Kier alpha value is -2.89. The van der Waals surface area contributed by atoms with E-state index in [0.29, 0.717) is 44.1 Å². The number of thioether (sulfide) groups is 1. The van der Waals surface area contributed by atoms with Crippen LogP contribution in [0.5, 0.6) is 0 Å². The van der Waals surface area contributed by atoms with Gasteiger partial charge < -0.3 is 4.74 Å². The predicted octanol–water partition coefficient (Wildman–Crippen LogP) is 5.86. The number of rotatable bonds is 6. The molecule has 0 spiro atoms. The highest BCUT2D eigenvalue weighted by Crippen LogP contribution is 2.41.